The zero-order valence-electron chi connectivity index (χ0n) is 10.8. The molecular formula is C14H12BrFN2O2. The Morgan fingerprint density at radius 1 is 1.55 bits per heavy atom. The molecule has 0 fully saturated rings. The molecule has 0 spiro atoms. The van der Waals surface area contributed by atoms with Crippen molar-refractivity contribution in [2.45, 2.75) is 26.0 Å². The van der Waals surface area contributed by atoms with Gasteiger partial charge in [0.2, 0.25) is 0 Å². The van der Waals surface area contributed by atoms with Crippen LogP contribution in [-0.4, -0.2) is 15.7 Å². The number of aryl methyl sites for hydroxylation is 1. The van der Waals surface area contributed by atoms with Crippen LogP contribution >= 0.6 is 15.9 Å². The third-order valence-corrected chi connectivity index (χ3v) is 3.90. The van der Waals surface area contributed by atoms with Crippen molar-refractivity contribution in [3.63, 3.8) is 0 Å². The summed E-state index contributed by atoms with van der Waals surface area (Å²) in [4.78, 5) is 16.2. The Hall–Kier alpha value is -1.69. The standard InChI is InChI=1S/C14H12BrFN2O2/c1-8-17-6-12(15)14(19)18(8)7-11-5-9-4-10(16)2-3-13(9)20-11/h2-4,6,11H,5,7H2,1H3. The Morgan fingerprint density at radius 2 is 2.35 bits per heavy atom. The normalized spacial score (nSPS) is 16.9. The van der Waals surface area contributed by atoms with Gasteiger partial charge in [-0.15, -0.1) is 0 Å². The van der Waals surface area contributed by atoms with Gasteiger partial charge in [0.1, 0.15) is 28.0 Å². The van der Waals surface area contributed by atoms with E-state index in [2.05, 4.69) is 20.9 Å². The van der Waals surface area contributed by atoms with Gasteiger partial charge < -0.3 is 4.74 Å². The molecule has 20 heavy (non-hydrogen) atoms. The maximum absolute atomic E-state index is 13.2. The number of aromatic nitrogens is 2. The molecule has 1 aromatic carbocycles. The molecule has 1 aliphatic heterocycles. The van der Waals surface area contributed by atoms with Crippen LogP contribution in [0, 0.1) is 12.7 Å². The Bertz CT molecular complexity index is 730. The number of hydrogen-bond donors (Lipinski definition) is 0. The van der Waals surface area contributed by atoms with Crippen LogP contribution < -0.4 is 10.3 Å². The molecule has 2 aromatic rings. The van der Waals surface area contributed by atoms with E-state index in [0.717, 1.165) is 5.56 Å². The average molecular weight is 339 g/mol. The van der Waals surface area contributed by atoms with E-state index in [0.29, 0.717) is 29.0 Å². The number of ether oxygens (including phenoxy) is 1. The fraction of sp³-hybridized carbons (Fsp3) is 0.286. The van der Waals surface area contributed by atoms with Gasteiger partial charge in [0.15, 0.2) is 0 Å². The van der Waals surface area contributed by atoms with E-state index in [1.807, 2.05) is 0 Å². The lowest BCUT2D eigenvalue weighted by Crippen LogP contribution is -2.31. The number of halogens is 2. The summed E-state index contributed by atoms with van der Waals surface area (Å²) >= 11 is 3.18. The molecular weight excluding hydrogens is 327 g/mol. The van der Waals surface area contributed by atoms with Gasteiger partial charge in [-0.25, -0.2) is 9.37 Å². The van der Waals surface area contributed by atoms with Crippen LogP contribution in [0.1, 0.15) is 11.4 Å². The van der Waals surface area contributed by atoms with Crippen molar-refractivity contribution in [1.29, 1.82) is 0 Å². The highest BCUT2D eigenvalue weighted by Crippen LogP contribution is 2.29. The van der Waals surface area contributed by atoms with Crippen LogP contribution in [0.3, 0.4) is 0 Å². The number of fused-ring (bicyclic) bond motifs is 1. The van der Waals surface area contributed by atoms with Gasteiger partial charge in [-0.2, -0.15) is 0 Å². The SMILES string of the molecule is Cc1ncc(Br)c(=O)n1CC1Cc2cc(F)ccc2O1. The van der Waals surface area contributed by atoms with Crippen LogP contribution in [0.2, 0.25) is 0 Å². The molecule has 2 heterocycles. The molecule has 0 N–H and O–H groups in total. The predicted molar refractivity (Wildman–Crippen MR) is 75.5 cm³/mol. The summed E-state index contributed by atoms with van der Waals surface area (Å²) in [5.41, 5.74) is 0.701. The maximum atomic E-state index is 13.2. The topological polar surface area (TPSA) is 44.1 Å². The smallest absolute Gasteiger partial charge is 0.267 e. The molecule has 0 saturated carbocycles. The summed E-state index contributed by atoms with van der Waals surface area (Å²) in [5.74, 6) is 1.04. The molecule has 0 saturated heterocycles. The molecule has 0 aliphatic carbocycles. The van der Waals surface area contributed by atoms with E-state index >= 15 is 0 Å². The Morgan fingerprint density at radius 3 is 3.15 bits per heavy atom. The Kier molecular flexibility index (Phi) is 3.33. The highest BCUT2D eigenvalue weighted by molar-refractivity contribution is 9.10. The van der Waals surface area contributed by atoms with Gasteiger partial charge in [-0.1, -0.05) is 0 Å². The van der Waals surface area contributed by atoms with Crippen LogP contribution in [0.25, 0.3) is 0 Å². The first kappa shape index (κ1) is 13.3. The minimum Gasteiger partial charge on any atom is -0.488 e. The summed E-state index contributed by atoms with van der Waals surface area (Å²) < 4.78 is 20.9. The summed E-state index contributed by atoms with van der Waals surface area (Å²) in [6, 6.07) is 4.48. The second-order valence-corrected chi connectivity index (χ2v) is 5.62. The fourth-order valence-corrected chi connectivity index (χ4v) is 2.68. The molecule has 1 atom stereocenters. The minimum absolute atomic E-state index is 0.136. The first-order valence-electron chi connectivity index (χ1n) is 6.21. The molecule has 1 aliphatic rings. The fourth-order valence-electron chi connectivity index (χ4n) is 2.36. The largest absolute Gasteiger partial charge is 0.488 e. The van der Waals surface area contributed by atoms with E-state index in [1.165, 1.54) is 18.3 Å². The van der Waals surface area contributed by atoms with Gasteiger partial charge in [0.25, 0.3) is 5.56 Å². The Labute approximate surface area is 123 Å². The van der Waals surface area contributed by atoms with Crippen molar-refractivity contribution in [2.24, 2.45) is 0 Å². The number of nitrogens with zero attached hydrogens (tertiary/aromatic N) is 2. The van der Waals surface area contributed by atoms with E-state index in [-0.39, 0.29) is 17.5 Å². The molecule has 1 unspecified atom stereocenters. The summed E-state index contributed by atoms with van der Waals surface area (Å²) in [5, 5.41) is 0. The van der Waals surface area contributed by atoms with Crippen LogP contribution in [0.4, 0.5) is 4.39 Å². The molecule has 0 radical (unpaired) electrons. The lowest BCUT2D eigenvalue weighted by atomic mass is 10.1. The summed E-state index contributed by atoms with van der Waals surface area (Å²) in [7, 11) is 0. The molecule has 104 valence electrons. The van der Waals surface area contributed by atoms with Gasteiger partial charge in [-0.05, 0) is 41.1 Å². The number of hydrogen-bond acceptors (Lipinski definition) is 3. The van der Waals surface area contributed by atoms with Gasteiger partial charge in [0.05, 0.1) is 6.54 Å². The maximum Gasteiger partial charge on any atom is 0.267 e. The van der Waals surface area contributed by atoms with Crippen molar-refractivity contribution in [3.05, 3.63) is 56.4 Å². The lowest BCUT2D eigenvalue weighted by Gasteiger charge is -2.14. The van der Waals surface area contributed by atoms with Crippen molar-refractivity contribution in [2.75, 3.05) is 0 Å². The van der Waals surface area contributed by atoms with Crippen molar-refractivity contribution < 1.29 is 9.13 Å². The van der Waals surface area contributed by atoms with Crippen molar-refractivity contribution >= 4 is 15.9 Å². The first-order chi connectivity index (χ1) is 9.54. The highest BCUT2D eigenvalue weighted by atomic mass is 79.9. The quantitative estimate of drug-likeness (QED) is 0.844. The van der Waals surface area contributed by atoms with E-state index < -0.39 is 0 Å². The minimum atomic E-state index is -0.273. The second-order valence-electron chi connectivity index (χ2n) is 4.77. The summed E-state index contributed by atoms with van der Waals surface area (Å²) in [6.07, 6.45) is 1.90. The zero-order chi connectivity index (χ0) is 14.3. The third kappa shape index (κ3) is 2.35. The molecule has 1 aromatic heterocycles. The second kappa shape index (κ2) is 5.01. The van der Waals surface area contributed by atoms with Crippen LogP contribution in [0.15, 0.2) is 33.7 Å². The molecule has 6 heteroatoms. The zero-order valence-corrected chi connectivity index (χ0v) is 12.4. The first-order valence-corrected chi connectivity index (χ1v) is 7.01. The monoisotopic (exact) mass is 338 g/mol. The summed E-state index contributed by atoms with van der Waals surface area (Å²) in [6.45, 7) is 2.17. The number of rotatable bonds is 2. The predicted octanol–water partition coefficient (Wildman–Crippen LogP) is 2.46. The van der Waals surface area contributed by atoms with E-state index in [1.54, 1.807) is 17.6 Å². The van der Waals surface area contributed by atoms with Crippen LogP contribution in [-0.2, 0) is 13.0 Å². The van der Waals surface area contributed by atoms with Crippen molar-refractivity contribution in [1.82, 2.24) is 9.55 Å². The average Bonchev–Trinajstić information content (AvgIpc) is 2.81. The van der Waals surface area contributed by atoms with Gasteiger partial charge in [-0.3, -0.25) is 9.36 Å². The highest BCUT2D eigenvalue weighted by Gasteiger charge is 2.24. The molecule has 0 amide bonds. The lowest BCUT2D eigenvalue weighted by molar-refractivity contribution is 0.205. The van der Waals surface area contributed by atoms with E-state index in [9.17, 15) is 9.18 Å². The molecule has 4 nitrogen and oxygen atoms in total. The molecule has 3 rings (SSSR count). The Balaban J connectivity index is 1.85. The van der Waals surface area contributed by atoms with E-state index in [4.69, 9.17) is 4.74 Å². The third-order valence-electron chi connectivity index (χ3n) is 3.35. The van der Waals surface area contributed by atoms with Gasteiger partial charge >= 0.3 is 0 Å². The number of benzene rings is 1. The molecule has 0 bridgehead atoms. The van der Waals surface area contributed by atoms with Crippen molar-refractivity contribution in [3.8, 4) is 5.75 Å². The van der Waals surface area contributed by atoms with Gasteiger partial charge in [0, 0.05) is 18.2 Å². The van der Waals surface area contributed by atoms with Crippen LogP contribution in [0.5, 0.6) is 5.75 Å².